The lowest BCUT2D eigenvalue weighted by molar-refractivity contribution is 0.157. The first-order chi connectivity index (χ1) is 7.50. The molecule has 3 aliphatic carbocycles. The summed E-state index contributed by atoms with van der Waals surface area (Å²) in [7, 11) is 0. The number of hydrogen-bond donors (Lipinski definition) is 0. The molecule has 3 nitrogen and oxygen atoms in total. The molecule has 1 spiro atoms. The Morgan fingerprint density at radius 3 is 2.62 bits per heavy atom. The molecule has 3 saturated carbocycles. The third-order valence-corrected chi connectivity index (χ3v) is 5.57. The second-order valence-corrected chi connectivity index (χ2v) is 6.91. The topological polar surface area (TPSA) is 30.7 Å². The van der Waals surface area contributed by atoms with Gasteiger partial charge in [-0.15, -0.1) is 0 Å². The highest BCUT2D eigenvalue weighted by Gasteiger charge is 2.94. The summed E-state index contributed by atoms with van der Waals surface area (Å²) in [5.41, 5.74) is 3.20. The van der Waals surface area contributed by atoms with Gasteiger partial charge in [-0.3, -0.25) is 0 Å². The van der Waals surface area contributed by atoms with Crippen molar-refractivity contribution in [3.8, 4) is 0 Å². The van der Waals surface area contributed by atoms with Gasteiger partial charge in [-0.25, -0.2) is 0 Å². The fraction of sp³-hybridized carbons (Fsp3) is 0.846. The predicted molar refractivity (Wildman–Crippen MR) is 60.9 cm³/mol. The van der Waals surface area contributed by atoms with E-state index in [9.17, 15) is 0 Å². The second-order valence-electron chi connectivity index (χ2n) is 6.91. The van der Waals surface area contributed by atoms with Crippen molar-refractivity contribution in [3.63, 3.8) is 0 Å². The van der Waals surface area contributed by atoms with Crippen LogP contribution in [-0.2, 0) is 6.54 Å². The van der Waals surface area contributed by atoms with Crippen molar-refractivity contribution < 1.29 is 0 Å². The summed E-state index contributed by atoms with van der Waals surface area (Å²) in [5.74, 6) is 0.493. The average molecular weight is 217 g/mol. The molecule has 0 aromatic carbocycles. The smallest absolute Gasteiger partial charge is 0.0852 e. The van der Waals surface area contributed by atoms with Crippen LogP contribution in [0.1, 0.15) is 51.6 Å². The molecule has 4 rings (SSSR count). The molecule has 86 valence electrons. The van der Waals surface area contributed by atoms with E-state index >= 15 is 0 Å². The van der Waals surface area contributed by atoms with Crippen molar-refractivity contribution in [2.24, 2.45) is 16.2 Å². The monoisotopic (exact) mass is 217 g/mol. The lowest BCUT2D eigenvalue weighted by atomic mass is 9.76. The van der Waals surface area contributed by atoms with Crippen molar-refractivity contribution in [1.82, 2.24) is 15.0 Å². The van der Waals surface area contributed by atoms with E-state index in [0.29, 0.717) is 11.3 Å². The van der Waals surface area contributed by atoms with Crippen LogP contribution in [0.3, 0.4) is 0 Å². The van der Waals surface area contributed by atoms with E-state index in [-0.39, 0.29) is 0 Å². The summed E-state index contributed by atoms with van der Waals surface area (Å²) in [4.78, 5) is 1.95. The van der Waals surface area contributed by atoms with Gasteiger partial charge in [0.1, 0.15) is 0 Å². The van der Waals surface area contributed by atoms with Gasteiger partial charge in [0, 0.05) is 0 Å². The second kappa shape index (κ2) is 2.22. The van der Waals surface area contributed by atoms with Crippen LogP contribution in [0, 0.1) is 16.2 Å². The third-order valence-electron chi connectivity index (χ3n) is 5.57. The maximum Gasteiger partial charge on any atom is 0.0852 e. The maximum atomic E-state index is 4.58. The van der Waals surface area contributed by atoms with Crippen LogP contribution in [0.15, 0.2) is 6.20 Å². The van der Waals surface area contributed by atoms with Crippen LogP contribution in [0.2, 0.25) is 0 Å². The fourth-order valence-corrected chi connectivity index (χ4v) is 4.55. The van der Waals surface area contributed by atoms with Crippen molar-refractivity contribution in [1.29, 1.82) is 0 Å². The predicted octanol–water partition coefficient (Wildman–Crippen LogP) is 2.59. The lowest BCUT2D eigenvalue weighted by Crippen LogP contribution is -2.29. The molecule has 0 bridgehead atoms. The normalized spacial score (nSPS) is 47.2. The molecule has 0 N–H and O–H groups in total. The van der Waals surface area contributed by atoms with Gasteiger partial charge in [-0.2, -0.15) is 15.0 Å². The molecule has 1 aromatic heterocycles. The van der Waals surface area contributed by atoms with Gasteiger partial charge in [0.25, 0.3) is 0 Å². The SMILES string of the molecule is CC(C)c1cnn(CC23CC4(C)CC42C3)n1. The summed E-state index contributed by atoms with van der Waals surface area (Å²) in [5, 5.41) is 8.99. The van der Waals surface area contributed by atoms with Crippen molar-refractivity contribution >= 4 is 0 Å². The Morgan fingerprint density at radius 2 is 2.19 bits per heavy atom. The Balaban J connectivity index is 1.53. The molecular weight excluding hydrogens is 198 g/mol. The van der Waals surface area contributed by atoms with Gasteiger partial charge in [0.2, 0.25) is 0 Å². The minimum absolute atomic E-state index is 0.493. The molecule has 1 heterocycles. The van der Waals surface area contributed by atoms with Gasteiger partial charge in [-0.1, -0.05) is 20.8 Å². The average Bonchev–Trinajstić information content (AvgIpc) is 2.79. The van der Waals surface area contributed by atoms with Gasteiger partial charge in [0.05, 0.1) is 18.4 Å². The highest BCUT2D eigenvalue weighted by molar-refractivity contribution is 5.41. The Morgan fingerprint density at radius 1 is 1.38 bits per heavy atom. The molecule has 3 aliphatic rings. The van der Waals surface area contributed by atoms with E-state index in [4.69, 9.17) is 0 Å². The number of hydrogen-bond acceptors (Lipinski definition) is 2. The Kier molecular flexibility index (Phi) is 1.28. The van der Waals surface area contributed by atoms with Gasteiger partial charge in [0.15, 0.2) is 0 Å². The largest absolute Gasteiger partial charge is 0.184 e. The number of aromatic nitrogens is 3. The van der Waals surface area contributed by atoms with E-state index in [1.165, 1.54) is 19.3 Å². The van der Waals surface area contributed by atoms with Crippen LogP contribution < -0.4 is 0 Å². The zero-order chi connectivity index (χ0) is 11.2. The Hall–Kier alpha value is -0.860. The minimum Gasteiger partial charge on any atom is -0.184 e. The van der Waals surface area contributed by atoms with Crippen molar-refractivity contribution in [3.05, 3.63) is 11.9 Å². The zero-order valence-electron chi connectivity index (χ0n) is 10.3. The van der Waals surface area contributed by atoms with Crippen molar-refractivity contribution in [2.75, 3.05) is 0 Å². The van der Waals surface area contributed by atoms with Crippen LogP contribution in [-0.4, -0.2) is 15.0 Å². The van der Waals surface area contributed by atoms with E-state index in [1.54, 1.807) is 0 Å². The standard InChI is InChI=1S/C13H19N3/c1-9(2)10-4-14-16(15-10)8-12-5-11(3)6-13(11,12)7-12/h4,9H,5-8H2,1-3H3. The maximum absolute atomic E-state index is 4.58. The molecule has 3 heteroatoms. The Bertz CT molecular complexity index is 477. The van der Waals surface area contributed by atoms with Crippen molar-refractivity contribution in [2.45, 2.75) is 52.5 Å². The quantitative estimate of drug-likeness (QED) is 0.779. The molecule has 3 atom stereocenters. The Labute approximate surface area is 96.2 Å². The van der Waals surface area contributed by atoms with Crippen LogP contribution in [0.5, 0.6) is 0 Å². The summed E-state index contributed by atoms with van der Waals surface area (Å²) in [6.45, 7) is 7.86. The summed E-state index contributed by atoms with van der Waals surface area (Å²) >= 11 is 0. The minimum atomic E-state index is 0.493. The fourth-order valence-electron chi connectivity index (χ4n) is 4.55. The number of rotatable bonds is 3. The molecule has 1 aromatic rings. The molecule has 3 unspecified atom stereocenters. The van der Waals surface area contributed by atoms with Crippen LogP contribution >= 0.6 is 0 Å². The van der Waals surface area contributed by atoms with E-state index in [1.807, 2.05) is 11.0 Å². The van der Waals surface area contributed by atoms with Crippen LogP contribution in [0.25, 0.3) is 0 Å². The highest BCUT2D eigenvalue weighted by atomic mass is 15.5. The van der Waals surface area contributed by atoms with Crippen LogP contribution in [0.4, 0.5) is 0 Å². The molecule has 0 amide bonds. The third kappa shape index (κ3) is 0.802. The first kappa shape index (κ1) is 9.20. The molecule has 0 aliphatic heterocycles. The van der Waals surface area contributed by atoms with Gasteiger partial charge >= 0.3 is 0 Å². The highest BCUT2D eigenvalue weighted by Crippen LogP contribution is 3.00. The molecular formula is C13H19N3. The molecule has 0 radical (unpaired) electrons. The summed E-state index contributed by atoms with van der Waals surface area (Å²) in [6.07, 6.45) is 6.26. The summed E-state index contributed by atoms with van der Waals surface area (Å²) < 4.78 is 0. The van der Waals surface area contributed by atoms with Gasteiger partial charge < -0.3 is 0 Å². The van der Waals surface area contributed by atoms with E-state index < -0.39 is 0 Å². The molecule has 3 fully saturated rings. The molecule has 16 heavy (non-hydrogen) atoms. The van der Waals surface area contributed by atoms with E-state index in [0.717, 1.165) is 23.1 Å². The molecule has 0 saturated heterocycles. The van der Waals surface area contributed by atoms with Gasteiger partial charge in [-0.05, 0) is 41.4 Å². The summed E-state index contributed by atoms with van der Waals surface area (Å²) in [6, 6.07) is 0. The van der Waals surface area contributed by atoms with E-state index in [2.05, 4.69) is 31.0 Å². The first-order valence-electron chi connectivity index (χ1n) is 6.40. The zero-order valence-corrected chi connectivity index (χ0v) is 10.3. The lowest BCUT2D eigenvalue weighted by Gasteiger charge is -2.30. The first-order valence-corrected chi connectivity index (χ1v) is 6.40. The number of nitrogens with zero attached hydrogens (tertiary/aromatic N) is 3.